The van der Waals surface area contributed by atoms with Gasteiger partial charge in [-0.25, -0.2) is 9.97 Å². The fourth-order valence-corrected chi connectivity index (χ4v) is 13.0. The second kappa shape index (κ2) is 25.9. The van der Waals surface area contributed by atoms with Crippen LogP contribution in [-0.4, -0.2) is 29.1 Å². The Labute approximate surface area is 554 Å². The van der Waals surface area contributed by atoms with Crippen molar-refractivity contribution in [1.82, 2.24) is 29.1 Å². The normalized spacial score (nSPS) is 11.1. The van der Waals surface area contributed by atoms with E-state index in [1.165, 1.54) is 61.0 Å². The minimum Gasteiger partial charge on any atom is -0.503 e. The van der Waals surface area contributed by atoms with Crippen LogP contribution < -0.4 is 9.47 Å². The fraction of sp³-hybridized carbons (Fsp3) is 0.0476. The first-order valence-corrected chi connectivity index (χ1v) is 30.8. The number of pyridine rings is 4. The van der Waals surface area contributed by atoms with E-state index < -0.39 is 0 Å². The smallest absolute Gasteiger partial charge is 0.503 e. The minimum absolute atomic E-state index is 0. The monoisotopic (exact) mass is 1290 g/mol. The van der Waals surface area contributed by atoms with Gasteiger partial charge in [0.05, 0.1) is 16.7 Å². The third-order valence-electron chi connectivity index (χ3n) is 16.9. The van der Waals surface area contributed by atoms with Gasteiger partial charge in [0.15, 0.2) is 0 Å². The van der Waals surface area contributed by atoms with E-state index in [2.05, 4.69) is 245 Å². The maximum Gasteiger partial charge on any atom is 2.00 e. The van der Waals surface area contributed by atoms with Gasteiger partial charge >= 0.3 is 20.4 Å². The molecule has 0 aliphatic carbocycles. The number of hydrogen-bond donors (Lipinski definition) is 0. The van der Waals surface area contributed by atoms with E-state index >= 15 is 0 Å². The van der Waals surface area contributed by atoms with Gasteiger partial charge in [0, 0.05) is 64.2 Å². The van der Waals surface area contributed by atoms with Gasteiger partial charge in [-0.2, -0.15) is 6.07 Å². The van der Waals surface area contributed by atoms with E-state index in [1.807, 2.05) is 110 Å². The SMILES string of the molecule is Cc1cc(-c2ccccc2)cc(C)c1-c1cc(Oc2[c-]c3c(cc2)c2ccccc2n3-c2ccccn2)[c-]c(-c2ccccn2)c1.Cc1cc(-c2ccccc2)cc(C)c1-c1cc(Oc2ccc3c4ccccc4n(-c4ccccn4)c3c2)cc(-c2ccccn2)c1.[Pd+2]. The van der Waals surface area contributed by atoms with Crippen LogP contribution in [0.5, 0.6) is 23.0 Å². The maximum atomic E-state index is 6.71. The number of hydrogen-bond acceptors (Lipinski definition) is 6. The van der Waals surface area contributed by atoms with E-state index in [1.54, 1.807) is 6.20 Å². The molecule has 0 amide bonds. The average Bonchev–Trinajstić information content (AvgIpc) is 1.59. The van der Waals surface area contributed by atoms with Gasteiger partial charge in [0.25, 0.3) is 0 Å². The zero-order valence-electron chi connectivity index (χ0n) is 51.5. The molecule has 0 saturated carbocycles. The van der Waals surface area contributed by atoms with Crippen molar-refractivity contribution >= 4 is 43.6 Å². The Morgan fingerprint density at radius 1 is 0.301 bits per heavy atom. The van der Waals surface area contributed by atoms with Crippen LogP contribution in [0.15, 0.2) is 292 Å². The summed E-state index contributed by atoms with van der Waals surface area (Å²) in [5.74, 6) is 4.41. The van der Waals surface area contributed by atoms with Crippen molar-refractivity contribution in [1.29, 1.82) is 0 Å². The van der Waals surface area contributed by atoms with Crippen molar-refractivity contribution in [3.05, 3.63) is 326 Å². The van der Waals surface area contributed by atoms with E-state index in [9.17, 15) is 0 Å². The molecule has 0 saturated heterocycles. The van der Waals surface area contributed by atoms with Crippen LogP contribution in [0, 0.1) is 39.8 Å². The van der Waals surface area contributed by atoms with Crippen molar-refractivity contribution < 1.29 is 29.9 Å². The zero-order chi connectivity index (χ0) is 62.1. The van der Waals surface area contributed by atoms with Crippen molar-refractivity contribution in [3.63, 3.8) is 0 Å². The van der Waals surface area contributed by atoms with Gasteiger partial charge in [0.2, 0.25) is 0 Å². The summed E-state index contributed by atoms with van der Waals surface area (Å²) in [6, 6.07) is 98.9. The Hall–Kier alpha value is -11.3. The molecule has 9 heteroatoms. The fourth-order valence-electron chi connectivity index (χ4n) is 13.0. The first-order chi connectivity index (χ1) is 45.2. The molecule has 0 fully saturated rings. The summed E-state index contributed by atoms with van der Waals surface area (Å²) in [5.41, 5.74) is 21.9. The molecule has 0 atom stereocenters. The topological polar surface area (TPSA) is 79.9 Å². The van der Waals surface area contributed by atoms with Gasteiger partial charge in [-0.15, -0.1) is 29.1 Å². The summed E-state index contributed by atoms with van der Waals surface area (Å²) in [7, 11) is 0. The second-order valence-electron chi connectivity index (χ2n) is 23.1. The largest absolute Gasteiger partial charge is 2.00 e. The first-order valence-electron chi connectivity index (χ1n) is 30.8. The van der Waals surface area contributed by atoms with Crippen molar-refractivity contribution in [2.24, 2.45) is 0 Å². The number of benzene rings is 10. The van der Waals surface area contributed by atoms with Crippen LogP contribution in [0.1, 0.15) is 22.3 Å². The van der Waals surface area contributed by atoms with Crippen LogP contribution in [0.3, 0.4) is 0 Å². The molecule has 10 aromatic carbocycles. The van der Waals surface area contributed by atoms with Crippen molar-refractivity contribution in [2.75, 3.05) is 0 Å². The number of nitrogens with zero attached hydrogens (tertiary/aromatic N) is 6. The minimum atomic E-state index is 0. The predicted octanol–water partition coefficient (Wildman–Crippen LogP) is 21.6. The van der Waals surface area contributed by atoms with Gasteiger partial charge in [-0.05, 0) is 185 Å². The number of ether oxygens (including phenoxy) is 2. The van der Waals surface area contributed by atoms with Crippen molar-refractivity contribution in [3.8, 4) is 102 Å². The van der Waals surface area contributed by atoms with Crippen LogP contribution in [0.2, 0.25) is 0 Å². The third-order valence-corrected chi connectivity index (χ3v) is 16.9. The number of rotatable bonds is 12. The molecule has 16 rings (SSSR count). The summed E-state index contributed by atoms with van der Waals surface area (Å²) in [5, 5.41) is 4.56. The van der Waals surface area contributed by atoms with E-state index in [4.69, 9.17) is 9.47 Å². The molecular formula is C84H60N6O2Pd. The Balaban J connectivity index is 0.000000159. The van der Waals surface area contributed by atoms with Crippen LogP contribution in [-0.2, 0) is 20.4 Å². The molecule has 0 N–H and O–H groups in total. The zero-order valence-corrected chi connectivity index (χ0v) is 53.1. The van der Waals surface area contributed by atoms with E-state index in [-0.39, 0.29) is 20.4 Å². The maximum absolute atomic E-state index is 6.71. The molecule has 93 heavy (non-hydrogen) atoms. The van der Waals surface area contributed by atoms with Gasteiger partial charge < -0.3 is 19.0 Å². The molecule has 6 aromatic heterocycles. The summed E-state index contributed by atoms with van der Waals surface area (Å²) in [6.07, 6.45) is 7.28. The second-order valence-corrected chi connectivity index (χ2v) is 23.1. The molecule has 0 spiro atoms. The van der Waals surface area contributed by atoms with Gasteiger partial charge in [-0.1, -0.05) is 175 Å². The number of aryl methyl sites for hydroxylation is 4. The molecule has 0 radical (unpaired) electrons. The third kappa shape index (κ3) is 11.9. The Bertz CT molecular complexity index is 4990. The average molecular weight is 1290 g/mol. The molecular weight excluding hydrogens is 1230 g/mol. The summed E-state index contributed by atoms with van der Waals surface area (Å²) in [6.45, 7) is 8.72. The summed E-state index contributed by atoms with van der Waals surface area (Å²) >= 11 is 0. The Kier molecular flexibility index (Phi) is 16.5. The molecule has 0 aliphatic rings. The standard InChI is InChI=1S/C42H31N3O.C42H29N3O.Pd/c2*1-28-22-31(30-12-4-3-5-13-30)23-29(2)42(28)33-24-32(38-15-8-10-20-43-38)25-35(26-33)46-34-18-19-37-36-14-6-7-16-39(36)45(40(37)27-34)41-17-9-11-21-44-41;/h3-27H,1-2H3;3-24,26H,1-2H3;/q;-2;+2. The molecule has 16 aromatic rings. The number of aromatic nitrogens is 6. The van der Waals surface area contributed by atoms with Gasteiger partial charge in [0.1, 0.15) is 23.1 Å². The molecule has 0 bridgehead atoms. The number of fused-ring (bicyclic) bond motifs is 6. The first kappa shape index (κ1) is 59.3. The van der Waals surface area contributed by atoms with Crippen molar-refractivity contribution in [2.45, 2.75) is 27.7 Å². The van der Waals surface area contributed by atoms with E-state index in [0.29, 0.717) is 11.5 Å². The molecule has 0 aliphatic heterocycles. The Morgan fingerprint density at radius 2 is 0.785 bits per heavy atom. The number of para-hydroxylation sites is 2. The molecule has 0 unspecified atom stereocenters. The van der Waals surface area contributed by atoms with Gasteiger partial charge in [-0.3, -0.25) is 9.55 Å². The molecule has 448 valence electrons. The predicted molar refractivity (Wildman–Crippen MR) is 375 cm³/mol. The van der Waals surface area contributed by atoms with Crippen LogP contribution in [0.4, 0.5) is 0 Å². The van der Waals surface area contributed by atoms with E-state index in [0.717, 1.165) is 95.0 Å². The quantitative estimate of drug-likeness (QED) is 0.0896. The summed E-state index contributed by atoms with van der Waals surface area (Å²) < 4.78 is 17.6. The molecule has 8 nitrogen and oxygen atoms in total. The Morgan fingerprint density at radius 3 is 1.37 bits per heavy atom. The molecule has 6 heterocycles. The summed E-state index contributed by atoms with van der Waals surface area (Å²) in [4.78, 5) is 18.7. The van der Waals surface area contributed by atoms with Crippen LogP contribution in [0.25, 0.3) is 122 Å². The van der Waals surface area contributed by atoms with Crippen LogP contribution >= 0.6 is 0 Å².